The first kappa shape index (κ1) is 40.5. The summed E-state index contributed by atoms with van der Waals surface area (Å²) < 4.78 is 15.0. The van der Waals surface area contributed by atoms with E-state index in [1.807, 2.05) is 0 Å². The minimum absolute atomic E-state index is 0. The Balaban J connectivity index is 0. The summed E-state index contributed by atoms with van der Waals surface area (Å²) in [4.78, 5) is 46.5. The Morgan fingerprint density at radius 3 is 1.27 bits per heavy atom. The molecule has 242 valence electrons. The van der Waals surface area contributed by atoms with Crippen molar-refractivity contribution >= 4 is 24.1 Å². The number of esters is 1. The largest absolute Gasteiger partial charge is 0.480 e. The number of carbonyl (C=O) groups excluding carboxylic acids is 3. The predicted molar refractivity (Wildman–Crippen MR) is 155 cm³/mol. The van der Waals surface area contributed by atoms with E-state index in [4.69, 9.17) is 14.2 Å². The van der Waals surface area contributed by atoms with Gasteiger partial charge in [0.1, 0.15) is 23.3 Å². The molecule has 0 aromatic heterocycles. The number of carboxylic acid groups (broad SMARTS) is 1. The van der Waals surface area contributed by atoms with Gasteiger partial charge < -0.3 is 40.2 Å². The molecule has 5 N–H and O–H groups in total. The van der Waals surface area contributed by atoms with Gasteiger partial charge in [0.05, 0.1) is 19.3 Å². The van der Waals surface area contributed by atoms with Crippen LogP contribution < -0.4 is 10.6 Å². The van der Waals surface area contributed by atoms with Crippen molar-refractivity contribution in [2.45, 2.75) is 143 Å². The van der Waals surface area contributed by atoms with E-state index >= 15 is 0 Å². The van der Waals surface area contributed by atoms with Gasteiger partial charge in [-0.15, -0.1) is 0 Å². The fraction of sp³-hybridized carbons (Fsp3) is 0.862. The second kappa shape index (κ2) is 18.0. The quantitative estimate of drug-likeness (QED) is 0.219. The summed E-state index contributed by atoms with van der Waals surface area (Å²) in [6.07, 6.45) is 2.94. The molecule has 2 aliphatic carbocycles. The van der Waals surface area contributed by atoms with Gasteiger partial charge in [-0.1, -0.05) is 14.9 Å². The van der Waals surface area contributed by atoms with Crippen molar-refractivity contribution in [1.29, 1.82) is 0 Å². The molecule has 0 heterocycles. The van der Waals surface area contributed by atoms with Crippen molar-refractivity contribution < 1.29 is 48.7 Å². The lowest BCUT2D eigenvalue weighted by Crippen LogP contribution is -2.49. The van der Waals surface area contributed by atoms with E-state index in [1.54, 1.807) is 41.5 Å². The second-order valence-corrected chi connectivity index (χ2v) is 12.2. The number of aliphatic hydroxyl groups is 2. The van der Waals surface area contributed by atoms with Crippen LogP contribution in [0.15, 0.2) is 0 Å². The Bertz CT molecular complexity index is 805. The average molecular weight is 593 g/mol. The maximum Gasteiger partial charge on any atom is 0.408 e. The Morgan fingerprint density at radius 2 is 0.976 bits per heavy atom. The highest BCUT2D eigenvalue weighted by atomic mass is 16.6. The molecule has 0 aromatic carbocycles. The van der Waals surface area contributed by atoms with Gasteiger partial charge in [0.25, 0.3) is 0 Å². The molecule has 2 fully saturated rings. The lowest BCUT2D eigenvalue weighted by atomic mass is 9.82. The highest BCUT2D eigenvalue weighted by Gasteiger charge is 2.35. The third-order valence-corrected chi connectivity index (χ3v) is 6.49. The monoisotopic (exact) mass is 592 g/mol. The molecular weight excluding hydrogens is 536 g/mol. The van der Waals surface area contributed by atoms with Crippen LogP contribution in [0.25, 0.3) is 0 Å². The molecule has 2 atom stereocenters. The minimum atomic E-state index is -1.06. The molecule has 0 aromatic rings. The molecule has 12 nitrogen and oxygen atoms in total. The molecule has 12 heteroatoms. The summed E-state index contributed by atoms with van der Waals surface area (Å²) in [6, 6.07) is -1.68. The Kier molecular flexibility index (Phi) is 17.8. The van der Waals surface area contributed by atoms with Crippen LogP contribution in [-0.2, 0) is 23.8 Å². The first-order valence-electron chi connectivity index (χ1n) is 13.6. The summed E-state index contributed by atoms with van der Waals surface area (Å²) in [5.41, 5.74) is -1.27. The topological polar surface area (TPSA) is 181 Å². The zero-order valence-corrected chi connectivity index (χ0v) is 24.3. The maximum atomic E-state index is 11.8. The fourth-order valence-corrected chi connectivity index (χ4v) is 4.62. The van der Waals surface area contributed by atoms with Crippen molar-refractivity contribution in [3.63, 3.8) is 0 Å². The molecule has 2 rings (SSSR count). The van der Waals surface area contributed by atoms with E-state index in [9.17, 15) is 34.5 Å². The number of hydrogen-bond donors (Lipinski definition) is 5. The van der Waals surface area contributed by atoms with E-state index in [1.165, 1.54) is 7.11 Å². The number of nitrogens with one attached hydrogen (secondary N) is 2. The molecule has 2 saturated carbocycles. The minimum Gasteiger partial charge on any atom is -0.480 e. The maximum absolute atomic E-state index is 11.8. The zero-order valence-electron chi connectivity index (χ0n) is 24.3. The lowest BCUT2D eigenvalue weighted by molar-refractivity contribution is -0.145. The number of ether oxygens (including phenoxy) is 3. The Labute approximate surface area is 245 Å². The molecule has 0 spiro atoms. The van der Waals surface area contributed by atoms with Gasteiger partial charge in [-0.2, -0.15) is 0 Å². The normalized spacial score (nSPS) is 23.8. The van der Waals surface area contributed by atoms with E-state index in [0.29, 0.717) is 51.4 Å². The van der Waals surface area contributed by atoms with Gasteiger partial charge in [-0.05, 0) is 105 Å². The number of carboxylic acids is 1. The van der Waals surface area contributed by atoms with E-state index in [2.05, 4.69) is 10.6 Å². The van der Waals surface area contributed by atoms with Gasteiger partial charge in [0.2, 0.25) is 0 Å². The van der Waals surface area contributed by atoms with Crippen LogP contribution in [0, 0.1) is 11.8 Å². The van der Waals surface area contributed by atoms with Gasteiger partial charge >= 0.3 is 24.1 Å². The highest BCUT2D eigenvalue weighted by Crippen LogP contribution is 2.28. The summed E-state index contributed by atoms with van der Waals surface area (Å²) in [5.74, 6) is -1.73. The molecule has 0 unspecified atom stereocenters. The summed E-state index contributed by atoms with van der Waals surface area (Å²) >= 11 is 0. The first-order chi connectivity index (χ1) is 17.9. The number of methoxy groups -OCH3 is 1. The molecule has 0 radical (unpaired) electrons. The summed E-state index contributed by atoms with van der Waals surface area (Å²) in [6.45, 7) is 10.4. The third kappa shape index (κ3) is 16.4. The van der Waals surface area contributed by atoms with Gasteiger partial charge in [-0.3, -0.25) is 0 Å². The first-order valence-corrected chi connectivity index (χ1v) is 13.6. The van der Waals surface area contributed by atoms with Crippen LogP contribution >= 0.6 is 0 Å². The van der Waals surface area contributed by atoms with Crippen LogP contribution in [-0.4, -0.2) is 82.0 Å². The van der Waals surface area contributed by atoms with E-state index in [-0.39, 0.29) is 38.9 Å². The molecular formula is C29H56N2O10. The summed E-state index contributed by atoms with van der Waals surface area (Å²) in [5, 5.41) is 33.1. The zero-order chi connectivity index (χ0) is 30.0. The predicted octanol–water partition coefficient (Wildman–Crippen LogP) is 4.39. The van der Waals surface area contributed by atoms with Crippen LogP contribution in [0.2, 0.25) is 0 Å². The molecule has 41 heavy (non-hydrogen) atoms. The van der Waals surface area contributed by atoms with E-state index in [0.717, 1.165) is 0 Å². The number of carbonyl (C=O) groups is 4. The molecule has 2 aliphatic rings. The number of aliphatic carboxylic acids is 1. The van der Waals surface area contributed by atoms with Crippen molar-refractivity contribution in [2.75, 3.05) is 7.11 Å². The van der Waals surface area contributed by atoms with Crippen LogP contribution in [0.1, 0.15) is 108 Å². The second-order valence-electron chi connectivity index (χ2n) is 12.2. The van der Waals surface area contributed by atoms with Crippen LogP contribution in [0.3, 0.4) is 0 Å². The van der Waals surface area contributed by atoms with Crippen molar-refractivity contribution in [1.82, 2.24) is 10.6 Å². The van der Waals surface area contributed by atoms with Crippen LogP contribution in [0.5, 0.6) is 0 Å². The van der Waals surface area contributed by atoms with Crippen molar-refractivity contribution in [3.8, 4) is 0 Å². The smallest absolute Gasteiger partial charge is 0.408 e. The van der Waals surface area contributed by atoms with Crippen molar-refractivity contribution in [2.24, 2.45) is 11.8 Å². The number of hydrogen-bond acceptors (Lipinski definition) is 9. The van der Waals surface area contributed by atoms with Gasteiger partial charge in [-0.25, -0.2) is 19.2 Å². The third-order valence-electron chi connectivity index (χ3n) is 6.49. The molecule has 2 amide bonds. The highest BCUT2D eigenvalue weighted by molar-refractivity contribution is 5.82. The standard InChI is InChI=1S/C14H25NO5.C13H23NO5.2CH4/c1-14(2,3)20-13(18)15-11(12(17)19-4)9-5-7-10(16)8-6-9;1-13(2,3)19-12(18)14-10(11(16)17)8-4-6-9(15)7-5-8;;/h9-11,16H,5-8H2,1-4H3,(H,15,18);8-10,15H,4-7H2,1-3H3,(H,14,18)(H,16,17);2*1H4/t9?,10?,11-;8?,9?,10-;;/m00../s1. The average Bonchev–Trinajstić information content (AvgIpc) is 2.80. The Morgan fingerprint density at radius 1 is 0.659 bits per heavy atom. The summed E-state index contributed by atoms with van der Waals surface area (Å²) in [7, 11) is 1.30. The Hall–Kier alpha value is -2.60. The number of amides is 2. The molecule has 0 aliphatic heterocycles. The number of aliphatic hydroxyl groups excluding tert-OH is 2. The van der Waals surface area contributed by atoms with Gasteiger partial charge in [0, 0.05) is 0 Å². The van der Waals surface area contributed by atoms with Crippen molar-refractivity contribution in [3.05, 3.63) is 0 Å². The molecule has 0 saturated heterocycles. The fourth-order valence-electron chi connectivity index (χ4n) is 4.62. The SMILES string of the molecule is C.C.CC(C)(C)OC(=O)N[C@H](C(=O)O)C1CCC(O)CC1.COC(=O)[C@@H](NC(=O)OC(C)(C)C)C1CCC(O)CC1. The molecule has 0 bridgehead atoms. The van der Waals surface area contributed by atoms with E-state index < -0.39 is 47.4 Å². The lowest BCUT2D eigenvalue weighted by Gasteiger charge is -2.31. The van der Waals surface area contributed by atoms with Crippen LogP contribution in [0.4, 0.5) is 9.59 Å². The number of rotatable bonds is 6. The van der Waals surface area contributed by atoms with Gasteiger partial charge in [0.15, 0.2) is 0 Å². The number of alkyl carbamates (subject to hydrolysis) is 2.